The molecule has 0 aromatic heterocycles. The quantitative estimate of drug-likeness (QED) is 0.564. The Balaban J connectivity index is 1.99. The van der Waals surface area contributed by atoms with Crippen molar-refractivity contribution < 1.29 is 22.4 Å². The van der Waals surface area contributed by atoms with Gasteiger partial charge in [-0.05, 0) is 18.6 Å². The van der Waals surface area contributed by atoms with E-state index in [1.165, 1.54) is 0 Å². The zero-order chi connectivity index (χ0) is 12.6. The topological polar surface area (TPSA) is 72.8 Å². The first-order chi connectivity index (χ1) is 8.08. The van der Waals surface area contributed by atoms with E-state index in [1.54, 1.807) is 0 Å². The smallest absolute Gasteiger partial charge is 0.264 e. The lowest BCUT2D eigenvalue weighted by atomic mass is 10.3. The summed E-state index contributed by atoms with van der Waals surface area (Å²) in [6, 6.07) is 9.35. The van der Waals surface area contributed by atoms with Crippen LogP contribution < -0.4 is 4.74 Å². The Labute approximate surface area is 101 Å². The molecule has 0 saturated carbocycles. The van der Waals surface area contributed by atoms with E-state index < -0.39 is 10.1 Å². The Hall–Kier alpha value is -1.11. The number of ether oxygens (including phenoxy) is 2. The molecule has 0 unspecified atom stereocenters. The van der Waals surface area contributed by atoms with E-state index in [0.717, 1.165) is 5.75 Å². The molecule has 0 heterocycles. The molecule has 1 aromatic rings. The van der Waals surface area contributed by atoms with Crippen LogP contribution in [0.1, 0.15) is 6.42 Å². The molecule has 0 aliphatic carbocycles. The molecule has 0 fully saturated rings. The van der Waals surface area contributed by atoms with Crippen molar-refractivity contribution in [1.29, 1.82) is 0 Å². The minimum Gasteiger partial charge on any atom is -0.491 e. The Kier molecular flexibility index (Phi) is 5.96. The average Bonchev–Trinajstić information content (AvgIpc) is 2.28. The van der Waals surface area contributed by atoms with Crippen molar-refractivity contribution in [2.45, 2.75) is 6.42 Å². The number of hydrogen-bond acceptors (Lipinski definition) is 4. The second kappa shape index (κ2) is 7.26. The largest absolute Gasteiger partial charge is 0.491 e. The second-order valence-electron chi connectivity index (χ2n) is 3.41. The highest BCUT2D eigenvalue weighted by Crippen LogP contribution is 2.07. The number of rotatable bonds is 8. The lowest BCUT2D eigenvalue weighted by Gasteiger charge is -2.06. The van der Waals surface area contributed by atoms with Crippen LogP contribution in [-0.4, -0.2) is 38.5 Å². The molecule has 0 amide bonds. The summed E-state index contributed by atoms with van der Waals surface area (Å²) in [5.41, 5.74) is 0. The van der Waals surface area contributed by atoms with Crippen LogP contribution in [0, 0.1) is 0 Å². The van der Waals surface area contributed by atoms with E-state index in [0.29, 0.717) is 13.2 Å². The van der Waals surface area contributed by atoms with Gasteiger partial charge in [0.1, 0.15) is 12.4 Å². The molecular formula is C11H16O5S. The predicted molar refractivity (Wildman–Crippen MR) is 63.8 cm³/mol. The number of benzene rings is 1. The van der Waals surface area contributed by atoms with Crippen molar-refractivity contribution in [3.63, 3.8) is 0 Å². The van der Waals surface area contributed by atoms with Gasteiger partial charge in [-0.3, -0.25) is 4.55 Å². The summed E-state index contributed by atoms with van der Waals surface area (Å²) in [7, 11) is -3.87. The molecule has 0 bridgehead atoms. The van der Waals surface area contributed by atoms with Gasteiger partial charge in [0.25, 0.3) is 10.1 Å². The average molecular weight is 260 g/mol. The highest BCUT2D eigenvalue weighted by atomic mass is 32.2. The van der Waals surface area contributed by atoms with Crippen LogP contribution in [0.25, 0.3) is 0 Å². The molecule has 5 nitrogen and oxygen atoms in total. The molecule has 6 heteroatoms. The lowest BCUT2D eigenvalue weighted by molar-refractivity contribution is 0.101. The van der Waals surface area contributed by atoms with Gasteiger partial charge in [-0.15, -0.1) is 0 Å². The second-order valence-corrected chi connectivity index (χ2v) is 4.99. The van der Waals surface area contributed by atoms with Crippen LogP contribution in [0.5, 0.6) is 5.75 Å². The summed E-state index contributed by atoms with van der Waals surface area (Å²) in [6.45, 7) is 1.09. The fraction of sp³-hybridized carbons (Fsp3) is 0.455. The first kappa shape index (κ1) is 14.0. The summed E-state index contributed by atoms with van der Waals surface area (Å²) >= 11 is 0. The summed E-state index contributed by atoms with van der Waals surface area (Å²) in [5.74, 6) is 0.501. The molecule has 0 saturated heterocycles. The van der Waals surface area contributed by atoms with Gasteiger partial charge in [0.2, 0.25) is 0 Å². The molecule has 0 radical (unpaired) electrons. The summed E-state index contributed by atoms with van der Waals surface area (Å²) < 4.78 is 39.7. The molecule has 1 N–H and O–H groups in total. The summed E-state index contributed by atoms with van der Waals surface area (Å²) in [5, 5.41) is 0. The zero-order valence-corrected chi connectivity index (χ0v) is 10.2. The highest BCUT2D eigenvalue weighted by molar-refractivity contribution is 7.85. The summed E-state index contributed by atoms with van der Waals surface area (Å²) in [6.07, 6.45) is 0.282. The van der Waals surface area contributed by atoms with Crippen LogP contribution in [0.15, 0.2) is 30.3 Å². The molecule has 1 rings (SSSR count). The molecule has 0 atom stereocenters. The van der Waals surface area contributed by atoms with E-state index in [2.05, 4.69) is 0 Å². The molecule has 0 aliphatic heterocycles. The minimum atomic E-state index is -3.87. The summed E-state index contributed by atoms with van der Waals surface area (Å²) in [4.78, 5) is 0. The van der Waals surface area contributed by atoms with Gasteiger partial charge < -0.3 is 9.47 Å². The van der Waals surface area contributed by atoms with Crippen LogP contribution in [0.3, 0.4) is 0 Å². The maximum absolute atomic E-state index is 10.4. The fourth-order valence-corrected chi connectivity index (χ4v) is 1.66. The first-order valence-electron chi connectivity index (χ1n) is 5.29. The Morgan fingerprint density at radius 1 is 1.06 bits per heavy atom. The van der Waals surface area contributed by atoms with E-state index in [1.807, 2.05) is 30.3 Å². The number of hydrogen-bond donors (Lipinski definition) is 1. The zero-order valence-electron chi connectivity index (χ0n) is 9.41. The standard InChI is InChI=1S/C11H16O5S/c12-17(13,14)10-4-7-15-8-9-16-11-5-2-1-3-6-11/h1-3,5-6H,4,7-10H2,(H,12,13,14). The van der Waals surface area contributed by atoms with Crippen LogP contribution in [0.2, 0.25) is 0 Å². The molecule has 17 heavy (non-hydrogen) atoms. The van der Waals surface area contributed by atoms with Crippen LogP contribution >= 0.6 is 0 Å². The SMILES string of the molecule is O=S(=O)(O)CCCOCCOc1ccccc1. The van der Waals surface area contributed by atoms with Crippen molar-refractivity contribution in [3.8, 4) is 5.75 Å². The van der Waals surface area contributed by atoms with Gasteiger partial charge in [0.15, 0.2) is 0 Å². The first-order valence-corrected chi connectivity index (χ1v) is 6.89. The van der Waals surface area contributed by atoms with E-state index in [9.17, 15) is 8.42 Å². The van der Waals surface area contributed by atoms with Crippen molar-refractivity contribution in [3.05, 3.63) is 30.3 Å². The molecule has 96 valence electrons. The predicted octanol–water partition coefficient (Wildman–Crippen LogP) is 1.36. The maximum Gasteiger partial charge on any atom is 0.264 e. The van der Waals surface area contributed by atoms with Crippen molar-refractivity contribution >= 4 is 10.1 Å². The molecule has 0 aliphatic rings. The molecule has 0 spiro atoms. The Morgan fingerprint density at radius 3 is 2.41 bits per heavy atom. The molecular weight excluding hydrogens is 244 g/mol. The third kappa shape index (κ3) is 7.73. The van der Waals surface area contributed by atoms with Gasteiger partial charge in [-0.25, -0.2) is 0 Å². The van der Waals surface area contributed by atoms with E-state index >= 15 is 0 Å². The number of para-hydroxylation sites is 1. The van der Waals surface area contributed by atoms with Gasteiger partial charge in [0.05, 0.1) is 12.4 Å². The van der Waals surface area contributed by atoms with Crippen LogP contribution in [0.4, 0.5) is 0 Å². The fourth-order valence-electron chi connectivity index (χ4n) is 1.18. The molecule has 1 aromatic carbocycles. The van der Waals surface area contributed by atoms with Gasteiger partial charge >= 0.3 is 0 Å². The Morgan fingerprint density at radius 2 is 1.76 bits per heavy atom. The van der Waals surface area contributed by atoms with Crippen molar-refractivity contribution in [2.75, 3.05) is 25.6 Å². The van der Waals surface area contributed by atoms with Crippen LogP contribution in [-0.2, 0) is 14.9 Å². The van der Waals surface area contributed by atoms with Gasteiger partial charge in [-0.1, -0.05) is 18.2 Å². The normalized spacial score (nSPS) is 11.4. The highest BCUT2D eigenvalue weighted by Gasteiger charge is 2.02. The van der Waals surface area contributed by atoms with Crippen molar-refractivity contribution in [1.82, 2.24) is 0 Å². The third-order valence-corrected chi connectivity index (χ3v) is 2.74. The van der Waals surface area contributed by atoms with Crippen molar-refractivity contribution in [2.24, 2.45) is 0 Å². The minimum absolute atomic E-state index is 0.271. The van der Waals surface area contributed by atoms with E-state index in [4.69, 9.17) is 14.0 Å². The Bertz CT molecular complexity index is 401. The maximum atomic E-state index is 10.4. The monoisotopic (exact) mass is 260 g/mol. The lowest BCUT2D eigenvalue weighted by Crippen LogP contribution is -2.10. The van der Waals surface area contributed by atoms with Gasteiger partial charge in [-0.2, -0.15) is 8.42 Å². The third-order valence-electron chi connectivity index (χ3n) is 1.93. The van der Waals surface area contributed by atoms with Gasteiger partial charge in [0, 0.05) is 6.61 Å². The van der Waals surface area contributed by atoms with E-state index in [-0.39, 0.29) is 18.8 Å².